The van der Waals surface area contributed by atoms with Crippen molar-refractivity contribution < 1.29 is 8.78 Å². The summed E-state index contributed by atoms with van der Waals surface area (Å²) in [5.74, 6) is -0.221. The molecule has 2 rings (SSSR count). The van der Waals surface area contributed by atoms with Crippen LogP contribution in [0, 0.1) is 5.82 Å². The van der Waals surface area contributed by atoms with Gasteiger partial charge in [-0.05, 0) is 24.6 Å². The van der Waals surface area contributed by atoms with Gasteiger partial charge in [0.05, 0.1) is 12.2 Å². The van der Waals surface area contributed by atoms with Gasteiger partial charge >= 0.3 is 0 Å². The van der Waals surface area contributed by atoms with E-state index in [4.69, 9.17) is 0 Å². The fourth-order valence-electron chi connectivity index (χ4n) is 1.61. The Hall–Kier alpha value is -1.38. The minimum atomic E-state index is -0.338. The van der Waals surface area contributed by atoms with Gasteiger partial charge in [-0.25, -0.2) is 4.39 Å². The van der Waals surface area contributed by atoms with Gasteiger partial charge in [-0.2, -0.15) is 0 Å². The molecular weight excluding hydrogens is 184 g/mol. The van der Waals surface area contributed by atoms with Crippen LogP contribution in [0.25, 0.3) is 10.9 Å². The van der Waals surface area contributed by atoms with Gasteiger partial charge in [-0.1, -0.05) is 6.07 Å². The van der Waals surface area contributed by atoms with E-state index in [0.717, 1.165) is 5.52 Å². The lowest BCUT2D eigenvalue weighted by Gasteiger charge is -2.02. The molecule has 0 saturated carbocycles. The third-order valence-corrected chi connectivity index (χ3v) is 2.29. The van der Waals surface area contributed by atoms with Crippen molar-refractivity contribution in [2.24, 2.45) is 0 Å². The molecule has 1 aromatic heterocycles. The monoisotopic (exact) mass is 195 g/mol. The molecule has 0 fully saturated rings. The molecule has 14 heavy (non-hydrogen) atoms. The first-order chi connectivity index (χ1) is 6.83. The summed E-state index contributed by atoms with van der Waals surface area (Å²) in [6.07, 6.45) is 2.27. The van der Waals surface area contributed by atoms with Crippen LogP contribution >= 0.6 is 0 Å². The highest BCUT2D eigenvalue weighted by Crippen LogP contribution is 2.19. The number of nitrogens with zero attached hydrogens (tertiary/aromatic N) is 1. The van der Waals surface area contributed by atoms with Crippen LogP contribution in [0.15, 0.2) is 30.5 Å². The number of alkyl halides is 1. The van der Waals surface area contributed by atoms with Gasteiger partial charge < -0.3 is 4.57 Å². The third-order valence-electron chi connectivity index (χ3n) is 2.29. The molecule has 1 nitrogen and oxygen atoms in total. The van der Waals surface area contributed by atoms with Crippen molar-refractivity contribution in [1.29, 1.82) is 0 Å². The van der Waals surface area contributed by atoms with E-state index in [1.54, 1.807) is 18.3 Å². The summed E-state index contributed by atoms with van der Waals surface area (Å²) in [4.78, 5) is 0. The Kier molecular flexibility index (Phi) is 2.48. The molecule has 0 aliphatic carbocycles. The number of hydrogen-bond donors (Lipinski definition) is 0. The maximum atomic E-state index is 13.2. The van der Waals surface area contributed by atoms with Crippen molar-refractivity contribution in [3.63, 3.8) is 0 Å². The van der Waals surface area contributed by atoms with Gasteiger partial charge in [0.25, 0.3) is 0 Å². The average molecular weight is 195 g/mol. The molecule has 0 amide bonds. The predicted molar refractivity (Wildman–Crippen MR) is 52.5 cm³/mol. The van der Waals surface area contributed by atoms with Crippen LogP contribution in [0.2, 0.25) is 0 Å². The van der Waals surface area contributed by atoms with E-state index in [1.165, 1.54) is 6.07 Å². The molecule has 0 atom stereocenters. The number of benzene rings is 1. The van der Waals surface area contributed by atoms with Gasteiger partial charge in [0.15, 0.2) is 0 Å². The zero-order chi connectivity index (χ0) is 9.97. The second kappa shape index (κ2) is 3.78. The maximum Gasteiger partial charge on any atom is 0.132 e. The third kappa shape index (κ3) is 1.50. The molecular formula is C11H11F2N. The molecule has 3 heteroatoms. The summed E-state index contributed by atoms with van der Waals surface area (Å²) in [7, 11) is 0. The number of fused-ring (bicyclic) bond motifs is 1. The summed E-state index contributed by atoms with van der Waals surface area (Å²) in [5.41, 5.74) is 0.832. The highest BCUT2D eigenvalue weighted by molar-refractivity contribution is 5.80. The minimum absolute atomic E-state index is 0.221. The molecule has 0 spiro atoms. The Balaban J connectivity index is 2.42. The van der Waals surface area contributed by atoms with Gasteiger partial charge in [-0.3, -0.25) is 4.39 Å². The number of hydrogen-bond acceptors (Lipinski definition) is 0. The molecule has 0 aliphatic rings. The maximum absolute atomic E-state index is 13.2. The standard InChI is InChI=1S/C11H11F2N/c12-6-2-7-14-8-5-9-10(13)3-1-4-11(9)14/h1,3-5,8H,2,6-7H2. The molecule has 0 bridgehead atoms. The predicted octanol–water partition coefficient (Wildman–Crippen LogP) is 3.14. The molecule has 0 N–H and O–H groups in total. The lowest BCUT2D eigenvalue weighted by Crippen LogP contribution is -1.96. The van der Waals surface area contributed by atoms with Crippen molar-refractivity contribution in [1.82, 2.24) is 4.57 Å². The van der Waals surface area contributed by atoms with E-state index in [9.17, 15) is 8.78 Å². The van der Waals surface area contributed by atoms with Crippen LogP contribution in [0.1, 0.15) is 6.42 Å². The van der Waals surface area contributed by atoms with Gasteiger partial charge in [0.2, 0.25) is 0 Å². The van der Waals surface area contributed by atoms with E-state index in [1.807, 2.05) is 10.6 Å². The minimum Gasteiger partial charge on any atom is -0.347 e. The van der Waals surface area contributed by atoms with Gasteiger partial charge in [0.1, 0.15) is 5.82 Å². The van der Waals surface area contributed by atoms with Crippen LogP contribution in [0.5, 0.6) is 0 Å². The molecule has 0 aliphatic heterocycles. The normalized spacial score (nSPS) is 11.0. The second-order valence-corrected chi connectivity index (χ2v) is 3.22. The van der Waals surface area contributed by atoms with Crippen molar-refractivity contribution >= 4 is 10.9 Å². The number of rotatable bonds is 3. The average Bonchev–Trinajstić information content (AvgIpc) is 2.60. The van der Waals surface area contributed by atoms with Crippen LogP contribution in [-0.2, 0) is 6.54 Å². The molecule has 1 aromatic carbocycles. The molecule has 0 saturated heterocycles. The summed E-state index contributed by atoms with van der Waals surface area (Å²) < 4.78 is 27.1. The summed E-state index contributed by atoms with van der Waals surface area (Å²) in [6.45, 7) is 0.262. The Morgan fingerprint density at radius 3 is 2.86 bits per heavy atom. The lowest BCUT2D eigenvalue weighted by molar-refractivity contribution is 0.450. The van der Waals surface area contributed by atoms with Gasteiger partial charge in [0, 0.05) is 18.1 Å². The first-order valence-corrected chi connectivity index (χ1v) is 4.62. The summed E-state index contributed by atoms with van der Waals surface area (Å²) in [5, 5.41) is 0.603. The van der Waals surface area contributed by atoms with E-state index in [0.29, 0.717) is 18.4 Å². The lowest BCUT2D eigenvalue weighted by atomic mass is 10.2. The largest absolute Gasteiger partial charge is 0.347 e. The Labute approximate surface area is 81.0 Å². The molecule has 2 aromatic rings. The highest BCUT2D eigenvalue weighted by atomic mass is 19.1. The highest BCUT2D eigenvalue weighted by Gasteiger charge is 2.03. The van der Waals surface area contributed by atoms with E-state index in [-0.39, 0.29) is 12.5 Å². The van der Waals surface area contributed by atoms with E-state index < -0.39 is 0 Å². The zero-order valence-electron chi connectivity index (χ0n) is 7.71. The number of halogens is 2. The molecule has 0 unspecified atom stereocenters. The quantitative estimate of drug-likeness (QED) is 0.709. The van der Waals surface area contributed by atoms with Crippen LogP contribution in [0.4, 0.5) is 8.78 Å². The first kappa shape index (κ1) is 9.19. The van der Waals surface area contributed by atoms with Crippen LogP contribution < -0.4 is 0 Å². The summed E-state index contributed by atoms with van der Waals surface area (Å²) in [6, 6.07) is 6.67. The van der Waals surface area contributed by atoms with Gasteiger partial charge in [-0.15, -0.1) is 0 Å². The number of aromatic nitrogens is 1. The zero-order valence-corrected chi connectivity index (χ0v) is 7.71. The molecule has 1 heterocycles. The van der Waals surface area contributed by atoms with E-state index >= 15 is 0 Å². The van der Waals surface area contributed by atoms with Crippen LogP contribution in [0.3, 0.4) is 0 Å². The Bertz CT molecular complexity index is 434. The smallest absolute Gasteiger partial charge is 0.132 e. The second-order valence-electron chi connectivity index (χ2n) is 3.22. The van der Waals surface area contributed by atoms with E-state index in [2.05, 4.69) is 0 Å². The van der Waals surface area contributed by atoms with Crippen LogP contribution in [-0.4, -0.2) is 11.2 Å². The fourth-order valence-corrected chi connectivity index (χ4v) is 1.61. The van der Waals surface area contributed by atoms with Crippen molar-refractivity contribution in [2.75, 3.05) is 6.67 Å². The molecule has 74 valence electrons. The van der Waals surface area contributed by atoms with Crippen molar-refractivity contribution in [2.45, 2.75) is 13.0 Å². The molecule has 0 radical (unpaired) electrons. The summed E-state index contributed by atoms with van der Waals surface area (Å²) >= 11 is 0. The topological polar surface area (TPSA) is 4.93 Å². The first-order valence-electron chi connectivity index (χ1n) is 4.62. The van der Waals surface area contributed by atoms with Crippen molar-refractivity contribution in [3.05, 3.63) is 36.3 Å². The Morgan fingerprint density at radius 1 is 1.21 bits per heavy atom. The SMILES string of the molecule is FCCCn1ccc2c(F)cccc21. The number of aryl methyl sites for hydroxylation is 1. The fraction of sp³-hybridized carbons (Fsp3) is 0.273. The Morgan fingerprint density at radius 2 is 2.07 bits per heavy atom. The van der Waals surface area contributed by atoms with Crippen molar-refractivity contribution in [3.8, 4) is 0 Å².